The standard InChI is InChI=1S/C36H24O/c1-23-13-12-22-30-31(23)35-33(36(30)28-20-10-8-18-26(28)27-19-9-11-21-29(27)36)32(24-14-4-2-5-15-24)34(37-35)25-16-6-3-7-17-25/h2-22H,1H3. The molecule has 5 aromatic carbocycles. The first-order chi connectivity index (χ1) is 18.3. The second-order valence-corrected chi connectivity index (χ2v) is 10.1. The highest BCUT2D eigenvalue weighted by Crippen LogP contribution is 2.66. The second-order valence-electron chi connectivity index (χ2n) is 10.1. The summed E-state index contributed by atoms with van der Waals surface area (Å²) in [5, 5.41) is 0. The number of benzene rings is 5. The average molecular weight is 473 g/mol. The summed E-state index contributed by atoms with van der Waals surface area (Å²) >= 11 is 0. The highest BCUT2D eigenvalue weighted by Gasteiger charge is 2.55. The van der Waals surface area contributed by atoms with Crippen LogP contribution in [0, 0.1) is 6.92 Å². The van der Waals surface area contributed by atoms with Crippen molar-refractivity contribution >= 4 is 0 Å². The molecular formula is C36H24O. The first-order valence-corrected chi connectivity index (χ1v) is 12.9. The Morgan fingerprint density at radius 2 is 1.00 bits per heavy atom. The summed E-state index contributed by atoms with van der Waals surface area (Å²) < 4.78 is 7.02. The Morgan fingerprint density at radius 3 is 1.65 bits per heavy atom. The molecule has 1 nitrogen and oxygen atoms in total. The molecular weight excluding hydrogens is 448 g/mol. The molecule has 1 aromatic heterocycles. The van der Waals surface area contributed by atoms with Gasteiger partial charge in [0.15, 0.2) is 0 Å². The van der Waals surface area contributed by atoms with Crippen molar-refractivity contribution in [3.63, 3.8) is 0 Å². The summed E-state index contributed by atoms with van der Waals surface area (Å²) in [7, 11) is 0. The van der Waals surface area contributed by atoms with Crippen LogP contribution >= 0.6 is 0 Å². The fourth-order valence-corrected chi connectivity index (χ4v) is 6.85. The zero-order valence-electron chi connectivity index (χ0n) is 20.5. The quantitative estimate of drug-likeness (QED) is 0.244. The molecule has 0 atom stereocenters. The van der Waals surface area contributed by atoms with E-state index in [2.05, 4.69) is 134 Å². The van der Waals surface area contributed by atoms with Gasteiger partial charge in [0.2, 0.25) is 0 Å². The molecule has 1 heterocycles. The van der Waals surface area contributed by atoms with Gasteiger partial charge in [-0.2, -0.15) is 0 Å². The van der Waals surface area contributed by atoms with Crippen LogP contribution in [-0.2, 0) is 5.41 Å². The topological polar surface area (TPSA) is 13.1 Å². The van der Waals surface area contributed by atoms with Gasteiger partial charge in [0.05, 0.1) is 5.41 Å². The third-order valence-electron chi connectivity index (χ3n) is 8.24. The smallest absolute Gasteiger partial charge is 0.142 e. The fourth-order valence-electron chi connectivity index (χ4n) is 6.85. The largest absolute Gasteiger partial charge is 0.455 e. The predicted octanol–water partition coefficient (Wildman–Crippen LogP) is 9.27. The zero-order chi connectivity index (χ0) is 24.6. The summed E-state index contributed by atoms with van der Waals surface area (Å²) in [6.45, 7) is 2.21. The fraction of sp³-hybridized carbons (Fsp3) is 0.0556. The first kappa shape index (κ1) is 20.6. The highest BCUT2D eigenvalue weighted by atomic mass is 16.3. The summed E-state index contributed by atoms with van der Waals surface area (Å²) in [5.74, 6) is 1.93. The summed E-state index contributed by atoms with van der Waals surface area (Å²) in [4.78, 5) is 0. The molecule has 1 spiro atoms. The molecule has 0 bridgehead atoms. The van der Waals surface area contributed by atoms with E-state index in [9.17, 15) is 0 Å². The monoisotopic (exact) mass is 472 g/mol. The number of hydrogen-bond donors (Lipinski definition) is 0. The number of rotatable bonds is 2. The lowest BCUT2D eigenvalue weighted by Gasteiger charge is -2.31. The minimum absolute atomic E-state index is 0.439. The maximum Gasteiger partial charge on any atom is 0.142 e. The number of furan rings is 1. The molecule has 0 saturated carbocycles. The molecule has 0 fully saturated rings. The van der Waals surface area contributed by atoms with Crippen LogP contribution in [0.1, 0.15) is 27.8 Å². The van der Waals surface area contributed by atoms with Crippen LogP contribution in [0.3, 0.4) is 0 Å². The summed E-state index contributed by atoms with van der Waals surface area (Å²) in [6.07, 6.45) is 0. The van der Waals surface area contributed by atoms with Crippen molar-refractivity contribution in [2.75, 3.05) is 0 Å². The maximum absolute atomic E-state index is 7.02. The molecule has 2 aliphatic rings. The summed E-state index contributed by atoms with van der Waals surface area (Å²) in [6, 6.07) is 45.9. The molecule has 0 N–H and O–H groups in total. The van der Waals surface area contributed by atoms with Crippen LogP contribution in [0.15, 0.2) is 132 Å². The molecule has 1 heteroatoms. The van der Waals surface area contributed by atoms with Crippen molar-refractivity contribution in [1.82, 2.24) is 0 Å². The third kappa shape index (κ3) is 2.53. The van der Waals surface area contributed by atoms with E-state index in [1.54, 1.807) is 0 Å². The van der Waals surface area contributed by atoms with Crippen molar-refractivity contribution in [3.8, 4) is 44.9 Å². The molecule has 174 valence electrons. The Bertz CT molecular complexity index is 1780. The van der Waals surface area contributed by atoms with Gasteiger partial charge in [0, 0.05) is 22.3 Å². The number of fused-ring (bicyclic) bond motifs is 10. The van der Waals surface area contributed by atoms with Crippen LogP contribution in [0.5, 0.6) is 0 Å². The molecule has 0 amide bonds. The molecule has 6 aromatic rings. The third-order valence-corrected chi connectivity index (χ3v) is 8.24. The van der Waals surface area contributed by atoms with Gasteiger partial charge < -0.3 is 4.42 Å². The van der Waals surface area contributed by atoms with Gasteiger partial charge in [0.1, 0.15) is 11.5 Å². The van der Waals surface area contributed by atoms with Crippen molar-refractivity contribution < 1.29 is 4.42 Å². The molecule has 2 aliphatic carbocycles. The molecule has 0 unspecified atom stereocenters. The SMILES string of the molecule is Cc1cccc2c1-c1oc(-c3ccccc3)c(-c3ccccc3)c1C21c2ccccc2-c2ccccc21. The zero-order valence-corrected chi connectivity index (χ0v) is 20.5. The van der Waals surface area contributed by atoms with Crippen LogP contribution in [0.4, 0.5) is 0 Å². The van der Waals surface area contributed by atoms with Gasteiger partial charge in [-0.25, -0.2) is 0 Å². The lowest BCUT2D eigenvalue weighted by atomic mass is 9.69. The molecule has 0 radical (unpaired) electrons. The van der Waals surface area contributed by atoms with Gasteiger partial charge in [0.25, 0.3) is 0 Å². The Kier molecular flexibility index (Phi) is 4.14. The minimum atomic E-state index is -0.439. The Hall–Kier alpha value is -4.62. The van der Waals surface area contributed by atoms with Crippen LogP contribution in [0.2, 0.25) is 0 Å². The highest BCUT2D eigenvalue weighted by molar-refractivity contribution is 6.01. The Labute approximate surface area is 216 Å². The van der Waals surface area contributed by atoms with E-state index in [1.165, 1.54) is 55.6 Å². The van der Waals surface area contributed by atoms with E-state index < -0.39 is 5.41 Å². The van der Waals surface area contributed by atoms with Crippen LogP contribution in [0.25, 0.3) is 44.9 Å². The van der Waals surface area contributed by atoms with Crippen LogP contribution in [-0.4, -0.2) is 0 Å². The Balaban J connectivity index is 1.62. The summed E-state index contributed by atoms with van der Waals surface area (Å²) in [5.41, 5.74) is 13.3. The van der Waals surface area contributed by atoms with E-state index in [4.69, 9.17) is 4.42 Å². The number of aryl methyl sites for hydroxylation is 1. The molecule has 8 rings (SSSR count). The van der Waals surface area contributed by atoms with E-state index in [1.807, 2.05) is 0 Å². The van der Waals surface area contributed by atoms with Crippen molar-refractivity contribution in [3.05, 3.63) is 155 Å². The van der Waals surface area contributed by atoms with E-state index in [0.717, 1.165) is 17.1 Å². The van der Waals surface area contributed by atoms with Gasteiger partial charge in [-0.3, -0.25) is 0 Å². The molecule has 0 saturated heterocycles. The molecule has 0 aliphatic heterocycles. The lowest BCUT2D eigenvalue weighted by molar-refractivity contribution is 0.596. The Morgan fingerprint density at radius 1 is 0.459 bits per heavy atom. The normalized spacial score (nSPS) is 13.8. The number of hydrogen-bond acceptors (Lipinski definition) is 1. The van der Waals surface area contributed by atoms with Crippen molar-refractivity contribution in [1.29, 1.82) is 0 Å². The second kappa shape index (κ2) is 7.44. The van der Waals surface area contributed by atoms with Crippen molar-refractivity contribution in [2.24, 2.45) is 0 Å². The predicted molar refractivity (Wildman–Crippen MR) is 151 cm³/mol. The van der Waals surface area contributed by atoms with Crippen LogP contribution < -0.4 is 0 Å². The first-order valence-electron chi connectivity index (χ1n) is 12.9. The average Bonchev–Trinajstić information content (AvgIpc) is 3.58. The van der Waals surface area contributed by atoms with E-state index in [-0.39, 0.29) is 0 Å². The van der Waals surface area contributed by atoms with E-state index >= 15 is 0 Å². The van der Waals surface area contributed by atoms with Crippen molar-refractivity contribution in [2.45, 2.75) is 12.3 Å². The minimum Gasteiger partial charge on any atom is -0.455 e. The van der Waals surface area contributed by atoms with E-state index in [0.29, 0.717) is 0 Å². The van der Waals surface area contributed by atoms with Gasteiger partial charge in [-0.05, 0) is 45.9 Å². The molecule has 37 heavy (non-hydrogen) atoms. The van der Waals surface area contributed by atoms with Gasteiger partial charge in [-0.15, -0.1) is 0 Å². The lowest BCUT2D eigenvalue weighted by Crippen LogP contribution is -2.26. The van der Waals surface area contributed by atoms with Gasteiger partial charge in [-0.1, -0.05) is 127 Å². The maximum atomic E-state index is 7.02. The van der Waals surface area contributed by atoms with Gasteiger partial charge >= 0.3 is 0 Å².